The zero-order chi connectivity index (χ0) is 19.5. The van der Waals surface area contributed by atoms with Gasteiger partial charge in [0.25, 0.3) is 0 Å². The molecule has 2 fully saturated rings. The molecule has 2 aliphatic rings. The second-order valence-electron chi connectivity index (χ2n) is 8.30. The van der Waals surface area contributed by atoms with Crippen LogP contribution in [-0.4, -0.2) is 65.2 Å². The number of hydrogen-bond donors (Lipinski definition) is 2. The maximum atomic E-state index is 12.5. The summed E-state index contributed by atoms with van der Waals surface area (Å²) in [5.74, 6) is 0.732. The summed E-state index contributed by atoms with van der Waals surface area (Å²) in [5.41, 5.74) is 1.78. The molecule has 3 heterocycles. The van der Waals surface area contributed by atoms with Crippen molar-refractivity contribution in [2.24, 2.45) is 5.92 Å². The minimum atomic E-state index is -0.0535. The third-order valence-corrected chi connectivity index (χ3v) is 6.41. The van der Waals surface area contributed by atoms with Crippen LogP contribution in [0.4, 0.5) is 4.79 Å². The van der Waals surface area contributed by atoms with E-state index in [2.05, 4.69) is 22.2 Å². The first-order chi connectivity index (χ1) is 13.6. The van der Waals surface area contributed by atoms with Gasteiger partial charge in [-0.1, -0.05) is 12.1 Å². The molecule has 4 rings (SSSR count). The summed E-state index contributed by atoms with van der Waals surface area (Å²) >= 11 is 0. The van der Waals surface area contributed by atoms with Crippen LogP contribution in [0, 0.1) is 5.92 Å². The van der Waals surface area contributed by atoms with Crippen LogP contribution in [0.3, 0.4) is 0 Å². The van der Waals surface area contributed by atoms with Gasteiger partial charge >= 0.3 is 11.7 Å². The Hall–Kier alpha value is -2.28. The molecule has 0 aliphatic carbocycles. The number of piperidine rings is 2. The normalized spacial score (nSPS) is 20.0. The fourth-order valence-electron chi connectivity index (χ4n) is 4.61. The molecule has 0 radical (unpaired) electrons. The van der Waals surface area contributed by atoms with E-state index in [0.29, 0.717) is 13.1 Å². The Bertz CT molecular complexity index is 857. The van der Waals surface area contributed by atoms with E-state index in [1.165, 1.54) is 25.9 Å². The zero-order valence-corrected chi connectivity index (χ0v) is 16.7. The van der Waals surface area contributed by atoms with Crippen LogP contribution in [0.5, 0.6) is 0 Å². The molecule has 7 nitrogen and oxygen atoms in total. The van der Waals surface area contributed by atoms with Gasteiger partial charge in [0.05, 0.1) is 11.0 Å². The molecule has 28 heavy (non-hydrogen) atoms. The molecular weight excluding hydrogens is 354 g/mol. The predicted molar refractivity (Wildman–Crippen MR) is 111 cm³/mol. The molecule has 2 aromatic rings. The lowest BCUT2D eigenvalue weighted by atomic mass is 9.94. The third kappa shape index (κ3) is 4.09. The van der Waals surface area contributed by atoms with E-state index in [0.717, 1.165) is 42.8 Å². The Morgan fingerprint density at radius 1 is 1.11 bits per heavy atom. The van der Waals surface area contributed by atoms with Crippen LogP contribution in [0.1, 0.15) is 38.1 Å². The monoisotopic (exact) mass is 385 g/mol. The molecule has 0 saturated carbocycles. The van der Waals surface area contributed by atoms with Crippen LogP contribution in [0.2, 0.25) is 0 Å². The topological polar surface area (TPSA) is 73.4 Å². The molecule has 2 N–H and O–H groups in total. The second kappa shape index (κ2) is 8.39. The van der Waals surface area contributed by atoms with Gasteiger partial charge in [-0.3, -0.25) is 4.57 Å². The second-order valence-corrected chi connectivity index (χ2v) is 8.30. The number of H-pyrrole nitrogens is 1. The van der Waals surface area contributed by atoms with Crippen LogP contribution in [0.15, 0.2) is 29.1 Å². The van der Waals surface area contributed by atoms with E-state index in [1.807, 2.05) is 33.7 Å². The molecule has 7 heteroatoms. The largest absolute Gasteiger partial charge is 0.338 e. The summed E-state index contributed by atoms with van der Waals surface area (Å²) in [7, 11) is 2.17. The summed E-state index contributed by atoms with van der Waals surface area (Å²) in [5, 5.41) is 3.10. The van der Waals surface area contributed by atoms with Gasteiger partial charge in [-0.15, -0.1) is 0 Å². The van der Waals surface area contributed by atoms with E-state index < -0.39 is 0 Å². The lowest BCUT2D eigenvalue weighted by molar-refractivity contribution is 0.169. The Balaban J connectivity index is 1.26. The van der Waals surface area contributed by atoms with Gasteiger partial charge in [0.1, 0.15) is 0 Å². The Morgan fingerprint density at radius 3 is 2.57 bits per heavy atom. The number of urea groups is 1. The Labute approximate surface area is 165 Å². The van der Waals surface area contributed by atoms with Crippen molar-refractivity contribution in [3.05, 3.63) is 34.7 Å². The van der Waals surface area contributed by atoms with Crippen molar-refractivity contribution < 1.29 is 4.79 Å². The number of nitrogens with zero attached hydrogens (tertiary/aromatic N) is 3. The van der Waals surface area contributed by atoms with Crippen molar-refractivity contribution in [2.75, 3.05) is 39.8 Å². The number of carbonyl (C=O) groups is 1. The minimum absolute atomic E-state index is 0.0395. The molecule has 2 aliphatic heterocycles. The van der Waals surface area contributed by atoms with E-state index in [4.69, 9.17) is 0 Å². The van der Waals surface area contributed by atoms with Gasteiger partial charge in [-0.25, -0.2) is 9.59 Å². The third-order valence-electron chi connectivity index (χ3n) is 6.41. The number of para-hydroxylation sites is 2. The molecule has 0 atom stereocenters. The highest BCUT2D eigenvalue weighted by atomic mass is 16.2. The molecule has 0 bridgehead atoms. The van der Waals surface area contributed by atoms with E-state index in [9.17, 15) is 9.59 Å². The smallest absolute Gasteiger partial charge is 0.326 e. The number of aromatic nitrogens is 2. The van der Waals surface area contributed by atoms with Crippen molar-refractivity contribution in [3.8, 4) is 0 Å². The molecule has 0 unspecified atom stereocenters. The average molecular weight is 386 g/mol. The number of carbonyl (C=O) groups excluding carboxylic acids is 1. The molecule has 1 aromatic carbocycles. The lowest BCUT2D eigenvalue weighted by Gasteiger charge is -2.33. The number of hydrogen-bond acceptors (Lipinski definition) is 3. The zero-order valence-electron chi connectivity index (χ0n) is 16.7. The maximum absolute atomic E-state index is 12.5. The van der Waals surface area contributed by atoms with Crippen molar-refractivity contribution in [3.63, 3.8) is 0 Å². The van der Waals surface area contributed by atoms with E-state index in [1.54, 1.807) is 0 Å². The number of amides is 2. The van der Waals surface area contributed by atoms with Gasteiger partial charge < -0.3 is 20.1 Å². The molecule has 2 saturated heterocycles. The molecule has 0 spiro atoms. The highest BCUT2D eigenvalue weighted by molar-refractivity contribution is 5.75. The SMILES string of the molecule is CN1CCC(CCNC(=O)N2CCC(n3c(=O)[nH]c4ccccc43)CC2)CC1. The lowest BCUT2D eigenvalue weighted by Crippen LogP contribution is -2.46. The molecule has 152 valence electrons. The van der Waals surface area contributed by atoms with Gasteiger partial charge in [-0.2, -0.15) is 0 Å². The first-order valence-electron chi connectivity index (χ1n) is 10.5. The number of nitrogens with one attached hydrogen (secondary N) is 2. The van der Waals surface area contributed by atoms with Crippen LogP contribution >= 0.6 is 0 Å². The summed E-state index contributed by atoms with van der Waals surface area (Å²) in [4.78, 5) is 32.1. The van der Waals surface area contributed by atoms with Crippen LogP contribution in [0.25, 0.3) is 11.0 Å². The number of likely N-dealkylation sites (tertiary alicyclic amines) is 2. The molecule has 1 aromatic heterocycles. The Kier molecular flexibility index (Phi) is 5.71. The van der Waals surface area contributed by atoms with Crippen LogP contribution in [-0.2, 0) is 0 Å². The Morgan fingerprint density at radius 2 is 1.82 bits per heavy atom. The predicted octanol–water partition coefficient (Wildman–Crippen LogP) is 2.41. The average Bonchev–Trinajstić information content (AvgIpc) is 3.05. The van der Waals surface area contributed by atoms with Crippen molar-refractivity contribution in [2.45, 2.75) is 38.1 Å². The van der Waals surface area contributed by atoms with Gasteiger partial charge in [0.15, 0.2) is 0 Å². The number of fused-ring (bicyclic) bond motifs is 1. The first-order valence-corrected chi connectivity index (χ1v) is 10.5. The fraction of sp³-hybridized carbons (Fsp3) is 0.619. The number of rotatable bonds is 4. The standard InChI is InChI=1S/C21H31N5O2/c1-24-12-7-16(8-13-24)6-11-22-20(27)25-14-9-17(10-15-25)26-19-5-3-2-4-18(19)23-21(26)28/h2-5,16-17H,6-15H2,1H3,(H,22,27)(H,23,28). The quantitative estimate of drug-likeness (QED) is 0.849. The number of aromatic amines is 1. The fourth-order valence-corrected chi connectivity index (χ4v) is 4.61. The summed E-state index contributed by atoms with van der Waals surface area (Å²) in [6.07, 6.45) is 5.16. The first kappa shape index (κ1) is 19.1. The van der Waals surface area contributed by atoms with Gasteiger partial charge in [-0.05, 0) is 70.3 Å². The maximum Gasteiger partial charge on any atom is 0.326 e. The highest BCUT2D eigenvalue weighted by Crippen LogP contribution is 2.25. The van der Waals surface area contributed by atoms with Gasteiger partial charge in [0, 0.05) is 25.7 Å². The van der Waals surface area contributed by atoms with Crippen molar-refractivity contribution >= 4 is 17.1 Å². The number of imidazole rings is 1. The van der Waals surface area contributed by atoms with Gasteiger partial charge in [0.2, 0.25) is 0 Å². The van der Waals surface area contributed by atoms with Crippen LogP contribution < -0.4 is 11.0 Å². The summed E-state index contributed by atoms with van der Waals surface area (Å²) in [6.45, 7) is 4.47. The van der Waals surface area contributed by atoms with E-state index >= 15 is 0 Å². The number of benzene rings is 1. The van der Waals surface area contributed by atoms with E-state index in [-0.39, 0.29) is 17.8 Å². The molecule has 2 amide bonds. The molecular formula is C21H31N5O2. The minimum Gasteiger partial charge on any atom is -0.338 e. The van der Waals surface area contributed by atoms with Crippen molar-refractivity contribution in [1.29, 1.82) is 0 Å². The van der Waals surface area contributed by atoms with Crippen molar-refractivity contribution in [1.82, 2.24) is 24.7 Å². The summed E-state index contributed by atoms with van der Waals surface area (Å²) in [6, 6.07) is 7.99. The summed E-state index contributed by atoms with van der Waals surface area (Å²) < 4.78 is 1.87. The highest BCUT2D eigenvalue weighted by Gasteiger charge is 2.26.